The molecule has 11 heteroatoms. The van der Waals surface area contributed by atoms with Gasteiger partial charge in [0, 0.05) is 29.7 Å². The molecule has 2 heterocycles. The van der Waals surface area contributed by atoms with Crippen LogP contribution in [-0.4, -0.2) is 60.5 Å². The standard InChI is InChI=1S/C47H49NO8S2/c1-4-5-12-38(46(51)55-27-39-36-15-8-6-13-34(36)35-14-7-9-16-37(35)39)45(50)54-19-10-11-30-24-41(31-22-32(52-2)25-33(23-31)53-3)56-42(30)26-43-44(49)48(47(57)58-43)40-21-28-17-18-29(40)20-28/h6-9,13-16,22-26,28-29,38-40H,4-5,10-12,17-21,27H2,1-3H3/b43-26-/t28?,29?,38-,40?/m0/s1. The fourth-order valence-corrected chi connectivity index (χ4v) is 10.6. The molecule has 58 heavy (non-hydrogen) atoms. The Labute approximate surface area is 349 Å². The second kappa shape index (κ2) is 17.5. The molecule has 9 nitrogen and oxygen atoms in total. The van der Waals surface area contributed by atoms with Gasteiger partial charge in [0.25, 0.3) is 5.91 Å². The number of hydrogen-bond donors (Lipinski definition) is 0. The molecule has 0 N–H and O–H groups in total. The summed E-state index contributed by atoms with van der Waals surface area (Å²) >= 11 is 7.09. The predicted octanol–water partition coefficient (Wildman–Crippen LogP) is 9.99. The number of hydrogen-bond acceptors (Lipinski definition) is 10. The molecule has 1 aliphatic heterocycles. The van der Waals surface area contributed by atoms with Crippen molar-refractivity contribution < 1.29 is 37.7 Å². The molecule has 302 valence electrons. The number of unbranched alkanes of at least 4 members (excludes halogenated alkanes) is 1. The van der Waals surface area contributed by atoms with Crippen LogP contribution in [0.3, 0.4) is 0 Å². The summed E-state index contributed by atoms with van der Waals surface area (Å²) in [5.41, 5.74) is 6.11. The van der Waals surface area contributed by atoms with E-state index in [1.54, 1.807) is 26.4 Å². The van der Waals surface area contributed by atoms with Crippen LogP contribution in [0, 0.1) is 17.8 Å². The van der Waals surface area contributed by atoms with E-state index in [1.807, 2.05) is 54.3 Å². The molecule has 3 aromatic carbocycles. The molecule has 2 saturated carbocycles. The van der Waals surface area contributed by atoms with Gasteiger partial charge in [-0.15, -0.1) is 0 Å². The molecular weight excluding hydrogens is 771 g/mol. The van der Waals surface area contributed by atoms with E-state index >= 15 is 0 Å². The van der Waals surface area contributed by atoms with E-state index < -0.39 is 17.9 Å². The summed E-state index contributed by atoms with van der Waals surface area (Å²) in [5.74, 6) is 1.21. The second-order valence-corrected chi connectivity index (χ2v) is 17.4. The summed E-state index contributed by atoms with van der Waals surface area (Å²) in [5, 5.41) is 0. The van der Waals surface area contributed by atoms with Crippen molar-refractivity contribution >= 4 is 52.2 Å². The summed E-state index contributed by atoms with van der Waals surface area (Å²) in [6, 6.07) is 24.0. The van der Waals surface area contributed by atoms with Crippen molar-refractivity contribution in [1.82, 2.24) is 4.90 Å². The van der Waals surface area contributed by atoms with Gasteiger partial charge in [0.1, 0.15) is 33.9 Å². The fraction of sp³-hybridized carbons (Fsp3) is 0.404. The number of carbonyl (C=O) groups is 3. The zero-order valence-corrected chi connectivity index (χ0v) is 34.8. The van der Waals surface area contributed by atoms with E-state index in [2.05, 4.69) is 24.3 Å². The smallest absolute Gasteiger partial charge is 0.320 e. The Morgan fingerprint density at radius 3 is 2.24 bits per heavy atom. The number of aryl methyl sites for hydroxylation is 1. The van der Waals surface area contributed by atoms with Crippen LogP contribution in [0.5, 0.6) is 11.5 Å². The highest BCUT2D eigenvalue weighted by Gasteiger charge is 2.48. The number of amides is 1. The van der Waals surface area contributed by atoms with Gasteiger partial charge in [-0.25, -0.2) is 0 Å². The summed E-state index contributed by atoms with van der Waals surface area (Å²) in [6.45, 7) is 2.26. The highest BCUT2D eigenvalue weighted by molar-refractivity contribution is 8.26. The SMILES string of the molecule is CCCC[C@@H](C(=O)OCCCc1cc(-c2cc(OC)cc(OC)c2)oc1/C=C1\SC(=S)N(C2CC3CCC2C3)C1=O)C(=O)OCC1c2ccccc2-c2ccccc21. The van der Waals surface area contributed by atoms with E-state index in [0.29, 0.717) is 69.8 Å². The lowest BCUT2D eigenvalue weighted by Crippen LogP contribution is -2.41. The lowest BCUT2D eigenvalue weighted by molar-refractivity contribution is -0.162. The summed E-state index contributed by atoms with van der Waals surface area (Å²) in [4.78, 5) is 43.3. The van der Waals surface area contributed by atoms with Gasteiger partial charge in [-0.3, -0.25) is 19.3 Å². The van der Waals surface area contributed by atoms with Crippen molar-refractivity contribution in [2.24, 2.45) is 17.8 Å². The number of nitrogens with zero attached hydrogens (tertiary/aromatic N) is 1. The highest BCUT2D eigenvalue weighted by atomic mass is 32.2. The van der Waals surface area contributed by atoms with Crippen LogP contribution in [0.1, 0.15) is 86.7 Å². The summed E-state index contributed by atoms with van der Waals surface area (Å²) in [6.07, 6.45) is 9.19. The maximum absolute atomic E-state index is 13.9. The van der Waals surface area contributed by atoms with Gasteiger partial charge in [-0.05, 0) is 96.4 Å². The number of fused-ring (bicyclic) bond motifs is 5. The minimum absolute atomic E-state index is 0.0696. The molecule has 2 bridgehead atoms. The van der Waals surface area contributed by atoms with Crippen molar-refractivity contribution in [2.75, 3.05) is 27.4 Å². The number of thiocarbonyl (C=S) groups is 1. The average molecular weight is 820 g/mol. The van der Waals surface area contributed by atoms with E-state index in [9.17, 15) is 14.4 Å². The first-order valence-corrected chi connectivity index (χ1v) is 21.6. The van der Waals surface area contributed by atoms with Crippen molar-refractivity contribution in [1.29, 1.82) is 0 Å². The molecule has 1 amide bonds. The number of methoxy groups -OCH3 is 2. The number of rotatable bonds is 16. The Balaban J connectivity index is 0.955. The molecule has 3 unspecified atom stereocenters. The molecule has 8 rings (SSSR count). The highest BCUT2D eigenvalue weighted by Crippen LogP contribution is 2.50. The molecule has 3 aliphatic carbocycles. The maximum Gasteiger partial charge on any atom is 0.320 e. The molecule has 1 aromatic heterocycles. The molecule has 0 radical (unpaired) electrons. The maximum atomic E-state index is 13.9. The summed E-state index contributed by atoms with van der Waals surface area (Å²) < 4.78 is 29.8. The largest absolute Gasteiger partial charge is 0.497 e. The van der Waals surface area contributed by atoms with E-state index in [0.717, 1.165) is 52.6 Å². The molecule has 1 saturated heterocycles. The van der Waals surface area contributed by atoms with E-state index in [1.165, 1.54) is 24.6 Å². The third kappa shape index (κ3) is 8.08. The number of benzene rings is 3. The Hall–Kier alpha value is -4.87. The number of furan rings is 1. The number of thioether (sulfide) groups is 1. The zero-order valence-electron chi connectivity index (χ0n) is 33.2. The van der Waals surface area contributed by atoms with Gasteiger partial charge < -0.3 is 23.4 Å². The quantitative estimate of drug-likeness (QED) is 0.0357. The van der Waals surface area contributed by atoms with Crippen LogP contribution in [0.25, 0.3) is 28.5 Å². The van der Waals surface area contributed by atoms with Crippen LogP contribution in [-0.2, 0) is 30.3 Å². The third-order valence-corrected chi connectivity index (χ3v) is 13.5. The monoisotopic (exact) mass is 819 g/mol. The van der Waals surface area contributed by atoms with Crippen LogP contribution in [0.4, 0.5) is 0 Å². The minimum Gasteiger partial charge on any atom is -0.497 e. The number of ether oxygens (including phenoxy) is 4. The molecule has 0 spiro atoms. The van der Waals surface area contributed by atoms with Crippen molar-refractivity contribution in [3.05, 3.63) is 100 Å². The molecular formula is C47H49NO8S2. The van der Waals surface area contributed by atoms with Crippen molar-refractivity contribution in [3.8, 4) is 33.9 Å². The van der Waals surface area contributed by atoms with Crippen LogP contribution in [0.2, 0.25) is 0 Å². The normalized spacial score (nSPS) is 20.7. The fourth-order valence-electron chi connectivity index (χ4n) is 9.25. The first-order chi connectivity index (χ1) is 28.3. The van der Waals surface area contributed by atoms with Gasteiger partial charge in [-0.1, -0.05) is 98.7 Å². The van der Waals surface area contributed by atoms with Crippen LogP contribution >= 0.6 is 24.0 Å². The Bertz CT molecular complexity index is 2180. The van der Waals surface area contributed by atoms with E-state index in [-0.39, 0.29) is 31.1 Å². The Morgan fingerprint density at radius 2 is 1.60 bits per heavy atom. The number of carbonyl (C=O) groups excluding carboxylic acids is 3. The first-order valence-electron chi connectivity index (χ1n) is 20.4. The topological polar surface area (TPSA) is 105 Å². The third-order valence-electron chi connectivity index (χ3n) is 12.2. The molecule has 4 atom stereocenters. The lowest BCUT2D eigenvalue weighted by Gasteiger charge is -2.30. The van der Waals surface area contributed by atoms with Gasteiger partial charge >= 0.3 is 11.9 Å². The molecule has 4 aromatic rings. The predicted molar refractivity (Wildman–Crippen MR) is 228 cm³/mol. The Kier molecular flexibility index (Phi) is 12.1. The molecule has 3 fully saturated rings. The van der Waals surface area contributed by atoms with Crippen LogP contribution in [0.15, 0.2) is 82.1 Å². The van der Waals surface area contributed by atoms with Crippen LogP contribution < -0.4 is 9.47 Å². The average Bonchev–Trinajstić information content (AvgIpc) is 4.08. The van der Waals surface area contributed by atoms with Gasteiger partial charge in [0.15, 0.2) is 5.92 Å². The molecule has 4 aliphatic rings. The Morgan fingerprint density at radius 1 is 0.914 bits per heavy atom. The zero-order chi connectivity index (χ0) is 40.3. The van der Waals surface area contributed by atoms with Gasteiger partial charge in [0.05, 0.1) is 25.7 Å². The van der Waals surface area contributed by atoms with Crippen molar-refractivity contribution in [2.45, 2.75) is 76.7 Å². The van der Waals surface area contributed by atoms with Gasteiger partial charge in [-0.2, -0.15) is 0 Å². The number of esters is 2. The minimum atomic E-state index is -1.01. The van der Waals surface area contributed by atoms with Gasteiger partial charge in [0.2, 0.25) is 0 Å². The second-order valence-electron chi connectivity index (χ2n) is 15.7. The first kappa shape index (κ1) is 39.9. The van der Waals surface area contributed by atoms with E-state index in [4.69, 9.17) is 35.6 Å². The lowest BCUT2D eigenvalue weighted by atomic mass is 9.94. The van der Waals surface area contributed by atoms with Crippen molar-refractivity contribution in [3.63, 3.8) is 0 Å². The summed E-state index contributed by atoms with van der Waals surface area (Å²) in [7, 11) is 3.19.